The van der Waals surface area contributed by atoms with Crippen LogP contribution in [0, 0.1) is 11.6 Å². The number of hydrogen-bond acceptors (Lipinski definition) is 4. The molecule has 6 nitrogen and oxygen atoms in total. The number of fused-ring (bicyclic) bond motifs is 2. The molecule has 0 amide bonds. The normalized spacial score (nSPS) is 13.1. The van der Waals surface area contributed by atoms with Gasteiger partial charge in [0.05, 0.1) is 35.2 Å². The molecule has 0 spiro atoms. The molecule has 4 aromatic carbocycles. The van der Waals surface area contributed by atoms with Crippen molar-refractivity contribution in [2.75, 3.05) is 0 Å². The fraction of sp³-hybridized carbons (Fsp3) is 0.156. The Morgan fingerprint density at radius 2 is 1.42 bits per heavy atom. The van der Waals surface area contributed by atoms with Crippen LogP contribution in [-0.2, 0) is 25.4 Å². The molecule has 2 heterocycles. The molecule has 6 rings (SSSR count). The van der Waals surface area contributed by atoms with Crippen molar-refractivity contribution < 1.29 is 45.0 Å². The lowest BCUT2D eigenvalue weighted by atomic mass is 9.96. The molecule has 1 atom stereocenters. The molecule has 248 valence electrons. The molecule has 0 saturated heterocycles. The van der Waals surface area contributed by atoms with E-state index in [1.54, 1.807) is 0 Å². The van der Waals surface area contributed by atoms with Crippen molar-refractivity contribution in [3.8, 4) is 0 Å². The number of carbonyl (C=O) groups is 1. The van der Waals surface area contributed by atoms with E-state index >= 15 is 0 Å². The largest absolute Gasteiger partial charge is 0.416 e. The van der Waals surface area contributed by atoms with Crippen LogP contribution in [-0.4, -0.2) is 31.0 Å². The number of aldehydes is 1. The summed E-state index contributed by atoms with van der Waals surface area (Å²) in [6.07, 6.45) is -11.6. The molecule has 0 radical (unpaired) electrons. The van der Waals surface area contributed by atoms with Gasteiger partial charge >= 0.3 is 12.4 Å². The third-order valence-electron chi connectivity index (χ3n) is 7.68. The summed E-state index contributed by atoms with van der Waals surface area (Å²) in [4.78, 5) is 12.2. The molecule has 6 aromatic rings. The van der Waals surface area contributed by atoms with E-state index < -0.39 is 59.0 Å². The van der Waals surface area contributed by atoms with Gasteiger partial charge in [-0.25, -0.2) is 8.78 Å². The average Bonchev–Trinajstić information content (AvgIpc) is 3.56. The van der Waals surface area contributed by atoms with Gasteiger partial charge in [0.1, 0.15) is 29.1 Å². The fourth-order valence-electron chi connectivity index (χ4n) is 5.42. The maximum atomic E-state index is 14.6. The van der Waals surface area contributed by atoms with Gasteiger partial charge in [0.2, 0.25) is 0 Å². The van der Waals surface area contributed by atoms with Crippen LogP contribution in [0.2, 0.25) is 10.0 Å². The van der Waals surface area contributed by atoms with Gasteiger partial charge in [0, 0.05) is 32.4 Å². The first kappa shape index (κ1) is 33.4. The number of benzene rings is 4. The quantitative estimate of drug-likeness (QED) is 0.133. The molecule has 0 fully saturated rings. The van der Waals surface area contributed by atoms with Crippen molar-refractivity contribution in [2.24, 2.45) is 0 Å². The molecule has 0 saturated carbocycles. The highest BCUT2D eigenvalue weighted by molar-refractivity contribution is 6.35. The second-order valence-electron chi connectivity index (χ2n) is 10.8. The summed E-state index contributed by atoms with van der Waals surface area (Å²) in [5, 5.41) is 20.2. The smallest absolute Gasteiger partial charge is 0.382 e. The zero-order valence-electron chi connectivity index (χ0n) is 23.8. The van der Waals surface area contributed by atoms with Crippen molar-refractivity contribution in [1.82, 2.24) is 19.6 Å². The van der Waals surface area contributed by atoms with Crippen LogP contribution >= 0.6 is 23.2 Å². The van der Waals surface area contributed by atoms with Crippen LogP contribution in [0.25, 0.3) is 21.8 Å². The van der Waals surface area contributed by atoms with Gasteiger partial charge in [-0.15, -0.1) is 0 Å². The van der Waals surface area contributed by atoms with Crippen LogP contribution in [0.3, 0.4) is 0 Å². The number of aromatic nitrogens is 4. The Balaban J connectivity index is 1.57. The Morgan fingerprint density at radius 3 is 2.06 bits per heavy atom. The summed E-state index contributed by atoms with van der Waals surface area (Å²) in [5.41, 5.74) is -3.84. The summed E-state index contributed by atoms with van der Waals surface area (Å²) in [6.45, 7) is -0.744. The van der Waals surface area contributed by atoms with E-state index in [0.29, 0.717) is 34.9 Å². The van der Waals surface area contributed by atoms with E-state index in [1.165, 1.54) is 18.2 Å². The lowest BCUT2D eigenvalue weighted by Gasteiger charge is -2.16. The van der Waals surface area contributed by atoms with Crippen molar-refractivity contribution in [2.45, 2.75) is 31.5 Å². The molecule has 1 unspecified atom stereocenters. The molecule has 0 aliphatic rings. The monoisotopic (exact) mass is 712 g/mol. The number of hydrogen-bond donors (Lipinski definition) is 1. The second-order valence-corrected chi connectivity index (χ2v) is 11.6. The molecule has 0 aliphatic heterocycles. The van der Waals surface area contributed by atoms with Crippen molar-refractivity contribution in [3.05, 3.63) is 128 Å². The van der Waals surface area contributed by atoms with E-state index in [2.05, 4.69) is 10.2 Å². The summed E-state index contributed by atoms with van der Waals surface area (Å²) in [7, 11) is 0. The van der Waals surface area contributed by atoms with E-state index in [-0.39, 0.29) is 50.9 Å². The highest BCUT2D eigenvalue weighted by Crippen LogP contribution is 2.41. The highest BCUT2D eigenvalue weighted by atomic mass is 35.5. The lowest BCUT2D eigenvalue weighted by Crippen LogP contribution is -2.11. The Morgan fingerprint density at radius 1 is 0.771 bits per heavy atom. The van der Waals surface area contributed by atoms with Crippen LogP contribution < -0.4 is 0 Å². The maximum absolute atomic E-state index is 14.6. The molecule has 2 aromatic heterocycles. The molecular formula is C32H18Cl2F8N4O2. The van der Waals surface area contributed by atoms with Gasteiger partial charge < -0.3 is 5.11 Å². The van der Waals surface area contributed by atoms with Gasteiger partial charge in [0.15, 0.2) is 6.29 Å². The predicted octanol–water partition coefficient (Wildman–Crippen LogP) is 9.00. The standard InChI is InChI=1S/C32H18Cl2F8N4O2/c33-19-4-1-15(23(34)10-19)12-46-27-9-18(32(40,41)42)7-22(28(27)25(14-47)43-46)30(48)29-21-6-3-17(31(37,38)39)8-26(21)45(44-29)13-16-2-5-20(35)11-24(16)36/h1-11,14,30,48H,12-13H2. The third-order valence-corrected chi connectivity index (χ3v) is 8.27. The Kier molecular flexibility index (Phi) is 8.46. The van der Waals surface area contributed by atoms with E-state index in [9.17, 15) is 45.0 Å². The lowest BCUT2D eigenvalue weighted by molar-refractivity contribution is -0.138. The van der Waals surface area contributed by atoms with E-state index in [1.807, 2.05) is 0 Å². The van der Waals surface area contributed by atoms with Crippen molar-refractivity contribution >= 4 is 51.3 Å². The van der Waals surface area contributed by atoms with E-state index in [4.69, 9.17) is 23.2 Å². The van der Waals surface area contributed by atoms with E-state index in [0.717, 1.165) is 33.6 Å². The first-order chi connectivity index (χ1) is 22.5. The van der Waals surface area contributed by atoms with Crippen LogP contribution in [0.4, 0.5) is 35.1 Å². The van der Waals surface area contributed by atoms with Crippen molar-refractivity contribution in [1.29, 1.82) is 0 Å². The topological polar surface area (TPSA) is 72.9 Å². The van der Waals surface area contributed by atoms with Gasteiger partial charge in [-0.2, -0.15) is 36.5 Å². The zero-order chi connectivity index (χ0) is 34.7. The molecule has 16 heteroatoms. The predicted molar refractivity (Wildman–Crippen MR) is 160 cm³/mol. The number of aliphatic hydroxyl groups is 1. The first-order valence-corrected chi connectivity index (χ1v) is 14.5. The minimum atomic E-state index is -4.96. The summed E-state index contributed by atoms with van der Waals surface area (Å²) in [5.74, 6) is -1.94. The zero-order valence-corrected chi connectivity index (χ0v) is 25.4. The molecule has 48 heavy (non-hydrogen) atoms. The Bertz CT molecular complexity index is 2230. The molecule has 0 bridgehead atoms. The van der Waals surface area contributed by atoms with Gasteiger partial charge in [0.25, 0.3) is 0 Å². The van der Waals surface area contributed by atoms with Crippen molar-refractivity contribution in [3.63, 3.8) is 0 Å². The highest BCUT2D eigenvalue weighted by Gasteiger charge is 2.36. The van der Waals surface area contributed by atoms with Gasteiger partial charge in [-0.3, -0.25) is 14.2 Å². The number of aliphatic hydroxyl groups excluding tert-OH is 1. The molecule has 1 N–H and O–H groups in total. The average molecular weight is 713 g/mol. The SMILES string of the molecule is O=Cc1nn(Cc2ccc(Cl)cc2Cl)c2cc(C(F)(F)F)cc(C(O)c3nn(Cc4ccc(F)cc4F)c4cc(C(F)(F)F)ccc34)c12. The number of halogens is 10. The first-order valence-electron chi connectivity index (χ1n) is 13.8. The molecule has 0 aliphatic carbocycles. The Hall–Kier alpha value is -4.53. The number of carbonyl (C=O) groups excluding carboxylic acids is 1. The minimum absolute atomic E-state index is 0.114. The number of rotatable bonds is 7. The van der Waals surface area contributed by atoms with Gasteiger partial charge in [-0.05, 0) is 53.6 Å². The van der Waals surface area contributed by atoms with Crippen LogP contribution in [0.5, 0.6) is 0 Å². The fourth-order valence-corrected chi connectivity index (χ4v) is 5.88. The molecular weight excluding hydrogens is 695 g/mol. The van der Waals surface area contributed by atoms with Crippen LogP contribution in [0.15, 0.2) is 66.7 Å². The summed E-state index contributed by atoms with van der Waals surface area (Å²) in [6, 6.07) is 10.6. The van der Waals surface area contributed by atoms with Gasteiger partial charge in [-0.1, -0.05) is 41.4 Å². The number of alkyl halides is 6. The summed E-state index contributed by atoms with van der Waals surface area (Å²) < 4.78 is 114. The second kappa shape index (κ2) is 12.2. The summed E-state index contributed by atoms with van der Waals surface area (Å²) >= 11 is 12.2. The van der Waals surface area contributed by atoms with Crippen LogP contribution in [0.1, 0.15) is 50.1 Å². The third kappa shape index (κ3) is 6.22. The minimum Gasteiger partial charge on any atom is -0.382 e. The number of nitrogens with zero attached hydrogens (tertiary/aromatic N) is 4. The Labute approximate surface area is 274 Å². The maximum Gasteiger partial charge on any atom is 0.416 e.